The lowest BCUT2D eigenvalue weighted by atomic mass is 9.75. The zero-order chi connectivity index (χ0) is 21.7. The van der Waals surface area contributed by atoms with Gasteiger partial charge in [0.25, 0.3) is 0 Å². The molecule has 1 aliphatic rings. The summed E-state index contributed by atoms with van der Waals surface area (Å²) >= 11 is 0. The second kappa shape index (κ2) is 8.82. The van der Waals surface area contributed by atoms with Crippen molar-refractivity contribution in [2.45, 2.75) is 26.3 Å². The summed E-state index contributed by atoms with van der Waals surface area (Å²) in [6.45, 7) is 5.07. The number of nitrogens with one attached hydrogen (secondary N) is 1. The van der Waals surface area contributed by atoms with Crippen molar-refractivity contribution in [3.8, 4) is 0 Å². The van der Waals surface area contributed by atoms with E-state index in [4.69, 9.17) is 9.47 Å². The molecule has 2 amide bonds. The van der Waals surface area contributed by atoms with E-state index in [9.17, 15) is 14.4 Å². The number of hydrogen-bond acceptors (Lipinski definition) is 5. The highest BCUT2D eigenvalue weighted by Gasteiger charge is 2.50. The van der Waals surface area contributed by atoms with Crippen LogP contribution in [0.5, 0.6) is 0 Å². The van der Waals surface area contributed by atoms with Gasteiger partial charge in [0.2, 0.25) is 0 Å². The average molecular weight is 408 g/mol. The van der Waals surface area contributed by atoms with E-state index in [0.717, 1.165) is 10.6 Å². The van der Waals surface area contributed by atoms with E-state index >= 15 is 0 Å². The molecule has 1 N–H and O–H groups in total. The highest BCUT2D eigenvalue weighted by atomic mass is 16.6. The van der Waals surface area contributed by atoms with Crippen LogP contribution < -0.4 is 5.43 Å². The van der Waals surface area contributed by atoms with Crippen LogP contribution in [0.4, 0.5) is 9.59 Å². The Morgan fingerprint density at radius 1 is 0.967 bits per heavy atom. The van der Waals surface area contributed by atoms with Gasteiger partial charge in [-0.15, -0.1) is 0 Å². The number of carbonyl (C=O) groups is 3. The van der Waals surface area contributed by atoms with Crippen molar-refractivity contribution in [1.82, 2.24) is 10.4 Å². The van der Waals surface area contributed by atoms with Gasteiger partial charge in [-0.25, -0.2) is 15.0 Å². The first-order valence-corrected chi connectivity index (χ1v) is 9.75. The van der Waals surface area contributed by atoms with E-state index in [2.05, 4.69) is 5.43 Å². The van der Waals surface area contributed by atoms with Crippen molar-refractivity contribution in [3.05, 3.63) is 71.3 Å². The molecule has 1 aliphatic carbocycles. The molecule has 0 aromatic heterocycles. The molecule has 0 bridgehead atoms. The van der Waals surface area contributed by atoms with E-state index in [1.807, 2.05) is 42.5 Å². The molecular formula is C23H24N2O5. The Morgan fingerprint density at radius 3 is 2.27 bits per heavy atom. The zero-order valence-electron chi connectivity index (χ0n) is 17.2. The van der Waals surface area contributed by atoms with Gasteiger partial charge < -0.3 is 9.47 Å². The number of benzene rings is 2. The normalized spacial score (nSPS) is 17.4. The van der Waals surface area contributed by atoms with E-state index in [0.29, 0.717) is 16.7 Å². The minimum Gasteiger partial charge on any atom is -0.449 e. The third kappa shape index (κ3) is 3.78. The number of amides is 2. The van der Waals surface area contributed by atoms with Gasteiger partial charge in [0, 0.05) is 5.57 Å². The molecule has 0 aliphatic heterocycles. The third-order valence-electron chi connectivity index (χ3n) is 4.93. The molecule has 2 aromatic rings. The zero-order valence-corrected chi connectivity index (χ0v) is 17.2. The Labute approximate surface area is 175 Å². The summed E-state index contributed by atoms with van der Waals surface area (Å²) in [5, 5.41) is 0.922. The Morgan fingerprint density at radius 2 is 1.60 bits per heavy atom. The van der Waals surface area contributed by atoms with Crippen LogP contribution in [0.3, 0.4) is 0 Å². The molecule has 0 saturated carbocycles. The second-order valence-electron chi connectivity index (χ2n) is 6.78. The van der Waals surface area contributed by atoms with Crippen LogP contribution >= 0.6 is 0 Å². The van der Waals surface area contributed by atoms with Crippen LogP contribution in [0.1, 0.15) is 37.5 Å². The molecule has 0 heterocycles. The predicted molar refractivity (Wildman–Crippen MR) is 112 cm³/mol. The van der Waals surface area contributed by atoms with E-state index in [1.54, 1.807) is 39.0 Å². The first kappa shape index (κ1) is 21.1. The van der Waals surface area contributed by atoms with Crippen LogP contribution in [-0.2, 0) is 19.8 Å². The third-order valence-corrected chi connectivity index (χ3v) is 4.93. The van der Waals surface area contributed by atoms with Gasteiger partial charge in [-0.05, 0) is 43.5 Å². The average Bonchev–Trinajstić information content (AvgIpc) is 2.75. The van der Waals surface area contributed by atoms with Crippen molar-refractivity contribution in [1.29, 1.82) is 0 Å². The molecule has 1 unspecified atom stereocenters. The van der Waals surface area contributed by atoms with Gasteiger partial charge in [-0.1, -0.05) is 54.6 Å². The van der Waals surface area contributed by atoms with Crippen molar-refractivity contribution >= 4 is 29.6 Å². The van der Waals surface area contributed by atoms with E-state index in [1.165, 1.54) is 0 Å². The van der Waals surface area contributed by atoms with Gasteiger partial charge in [-0.2, -0.15) is 5.01 Å². The number of rotatable bonds is 4. The maximum absolute atomic E-state index is 13.8. The van der Waals surface area contributed by atoms with Crippen molar-refractivity contribution in [2.75, 3.05) is 13.2 Å². The molecule has 0 spiro atoms. The lowest BCUT2D eigenvalue weighted by Crippen LogP contribution is -2.61. The molecule has 30 heavy (non-hydrogen) atoms. The SMILES string of the molecule is CCOC(=O)NN(C(=O)OCC)C1(C)C(=O)C(c2ccccc2)=Cc2ccccc21. The largest absolute Gasteiger partial charge is 0.449 e. The predicted octanol–water partition coefficient (Wildman–Crippen LogP) is 4.14. The summed E-state index contributed by atoms with van der Waals surface area (Å²) < 4.78 is 10.1. The standard InChI is InChI=1S/C23H24N2O5/c1-4-29-21(27)24-25(22(28)30-5-2)23(3)19-14-10-9-13-17(19)15-18(20(23)26)16-11-7-6-8-12-16/h6-15H,4-5H2,1-3H3,(H,24,27). The molecule has 156 valence electrons. The number of hydrogen-bond donors (Lipinski definition) is 1. The fourth-order valence-electron chi connectivity index (χ4n) is 3.51. The summed E-state index contributed by atoms with van der Waals surface area (Å²) in [5.41, 5.74) is 3.33. The minimum atomic E-state index is -1.55. The van der Waals surface area contributed by atoms with Gasteiger partial charge >= 0.3 is 12.2 Å². The highest BCUT2D eigenvalue weighted by Crippen LogP contribution is 2.41. The number of nitrogens with zero attached hydrogens (tertiary/aromatic N) is 1. The van der Waals surface area contributed by atoms with Crippen molar-refractivity contribution in [3.63, 3.8) is 0 Å². The molecule has 7 heteroatoms. The Hall–Kier alpha value is -3.61. The highest BCUT2D eigenvalue weighted by molar-refractivity contribution is 6.31. The van der Waals surface area contributed by atoms with E-state index in [-0.39, 0.29) is 19.0 Å². The van der Waals surface area contributed by atoms with Crippen LogP contribution in [-0.4, -0.2) is 36.2 Å². The lowest BCUT2D eigenvalue weighted by molar-refractivity contribution is -0.126. The number of fused-ring (bicyclic) bond motifs is 1. The summed E-state index contributed by atoms with van der Waals surface area (Å²) in [5.74, 6) is -0.350. The number of Topliss-reactive ketones (excluding diaryl/α,β-unsaturated/α-hetero) is 1. The van der Waals surface area contributed by atoms with Crippen molar-refractivity contribution in [2.24, 2.45) is 0 Å². The molecule has 1 atom stereocenters. The smallest absolute Gasteiger partial charge is 0.430 e. The fourth-order valence-corrected chi connectivity index (χ4v) is 3.51. The summed E-state index contributed by atoms with van der Waals surface area (Å²) in [4.78, 5) is 38.8. The van der Waals surface area contributed by atoms with Crippen LogP contribution in [0.2, 0.25) is 0 Å². The minimum absolute atomic E-state index is 0.0765. The number of carbonyl (C=O) groups excluding carboxylic acids is 3. The van der Waals surface area contributed by atoms with Crippen molar-refractivity contribution < 1.29 is 23.9 Å². The monoisotopic (exact) mass is 408 g/mol. The summed E-state index contributed by atoms with van der Waals surface area (Å²) in [6, 6.07) is 16.4. The first-order valence-electron chi connectivity index (χ1n) is 9.75. The van der Waals surface area contributed by atoms with Gasteiger partial charge in [-0.3, -0.25) is 4.79 Å². The molecule has 2 aromatic carbocycles. The Kier molecular flexibility index (Phi) is 6.20. The quantitative estimate of drug-likeness (QED) is 0.769. The second-order valence-corrected chi connectivity index (χ2v) is 6.78. The molecule has 7 nitrogen and oxygen atoms in total. The maximum Gasteiger partial charge on any atom is 0.430 e. The van der Waals surface area contributed by atoms with Gasteiger partial charge in [0.1, 0.15) is 0 Å². The summed E-state index contributed by atoms with van der Waals surface area (Å²) in [7, 11) is 0. The Bertz CT molecular complexity index is 986. The Balaban J connectivity index is 2.17. The molecule has 0 saturated heterocycles. The maximum atomic E-state index is 13.8. The van der Waals surface area contributed by atoms with Gasteiger partial charge in [0.05, 0.1) is 13.2 Å². The van der Waals surface area contributed by atoms with Crippen LogP contribution in [0.25, 0.3) is 11.6 Å². The van der Waals surface area contributed by atoms with Crippen LogP contribution in [0, 0.1) is 0 Å². The molecular weight excluding hydrogens is 384 g/mol. The molecule has 0 radical (unpaired) electrons. The number of ether oxygens (including phenoxy) is 2. The van der Waals surface area contributed by atoms with E-state index < -0.39 is 17.7 Å². The summed E-state index contributed by atoms with van der Waals surface area (Å²) in [6.07, 6.45) is 0.0843. The molecule has 3 rings (SSSR count). The van der Waals surface area contributed by atoms with Gasteiger partial charge in [0.15, 0.2) is 11.3 Å². The molecule has 0 fully saturated rings. The fraction of sp³-hybridized carbons (Fsp3) is 0.261. The topological polar surface area (TPSA) is 84.9 Å². The number of hydrazine groups is 1. The lowest BCUT2D eigenvalue weighted by Gasteiger charge is -2.41. The first-order chi connectivity index (χ1) is 14.4. The van der Waals surface area contributed by atoms with Crippen LogP contribution in [0.15, 0.2) is 54.6 Å². The number of ketones is 1.